The van der Waals surface area contributed by atoms with Gasteiger partial charge in [-0.05, 0) is 37.3 Å². The van der Waals surface area contributed by atoms with Gasteiger partial charge in [0, 0.05) is 28.6 Å². The number of carbonyl (C=O) groups is 1. The molecule has 0 radical (unpaired) electrons. The lowest BCUT2D eigenvalue weighted by atomic mass is 10.1. The van der Waals surface area contributed by atoms with Gasteiger partial charge in [-0.1, -0.05) is 6.07 Å². The fourth-order valence-electron chi connectivity index (χ4n) is 2.99. The molecule has 0 atom stereocenters. The third-order valence-electron chi connectivity index (χ3n) is 4.37. The van der Waals surface area contributed by atoms with Crippen LogP contribution in [0.4, 0.5) is 9.52 Å². The van der Waals surface area contributed by atoms with Crippen molar-refractivity contribution >= 4 is 33.3 Å². The first-order valence-electron chi connectivity index (χ1n) is 9.13. The summed E-state index contributed by atoms with van der Waals surface area (Å²) in [5, 5.41) is 5.79. The number of hydrogen-bond acceptors (Lipinski definition) is 6. The Kier molecular flexibility index (Phi) is 5.58. The quantitative estimate of drug-likeness (QED) is 0.466. The molecule has 4 aromatic rings. The number of hydrogen-bond donors (Lipinski definition) is 1. The first-order valence-corrected chi connectivity index (χ1v) is 10.0. The lowest BCUT2D eigenvalue weighted by molar-refractivity contribution is -0.115. The van der Waals surface area contributed by atoms with Crippen LogP contribution < -0.4 is 14.8 Å². The number of anilines is 1. The molecule has 1 amide bonds. The Morgan fingerprint density at radius 1 is 1.17 bits per heavy atom. The van der Waals surface area contributed by atoms with Gasteiger partial charge in [-0.2, -0.15) is 0 Å². The highest BCUT2D eigenvalue weighted by Crippen LogP contribution is 2.32. The molecule has 0 saturated heterocycles. The van der Waals surface area contributed by atoms with Crippen molar-refractivity contribution in [3.05, 3.63) is 71.1 Å². The molecule has 0 bridgehead atoms. The van der Waals surface area contributed by atoms with Gasteiger partial charge in [0.1, 0.15) is 23.1 Å². The van der Waals surface area contributed by atoms with Gasteiger partial charge in [0.05, 0.1) is 24.7 Å². The Labute approximate surface area is 176 Å². The summed E-state index contributed by atoms with van der Waals surface area (Å²) < 4.78 is 25.1. The van der Waals surface area contributed by atoms with Crippen LogP contribution >= 0.6 is 11.3 Å². The van der Waals surface area contributed by atoms with E-state index in [-0.39, 0.29) is 18.1 Å². The Balaban J connectivity index is 1.54. The topological polar surface area (TPSA) is 73.3 Å². The number of aryl methyl sites for hydroxylation is 1. The second kappa shape index (κ2) is 8.46. The molecule has 0 aliphatic heterocycles. The summed E-state index contributed by atoms with van der Waals surface area (Å²) in [4.78, 5) is 20.8. The van der Waals surface area contributed by atoms with Crippen molar-refractivity contribution < 1.29 is 18.7 Å². The highest BCUT2D eigenvalue weighted by molar-refractivity contribution is 7.13. The number of benzene rings is 2. The van der Waals surface area contributed by atoms with E-state index in [1.54, 1.807) is 36.5 Å². The maximum absolute atomic E-state index is 13.7. The van der Waals surface area contributed by atoms with E-state index in [1.807, 2.05) is 12.3 Å². The smallest absolute Gasteiger partial charge is 0.230 e. The lowest BCUT2D eigenvalue weighted by Gasteiger charge is -2.12. The van der Waals surface area contributed by atoms with Gasteiger partial charge in [0.25, 0.3) is 0 Å². The van der Waals surface area contributed by atoms with Gasteiger partial charge in [-0.15, -0.1) is 11.3 Å². The number of halogens is 1. The van der Waals surface area contributed by atoms with Gasteiger partial charge in [0.2, 0.25) is 5.91 Å². The molecular weight excluding hydrogens is 405 g/mol. The lowest BCUT2D eigenvalue weighted by Crippen LogP contribution is -2.14. The molecule has 0 unspecified atom stereocenters. The maximum atomic E-state index is 13.7. The van der Waals surface area contributed by atoms with E-state index < -0.39 is 0 Å². The molecule has 2 aromatic carbocycles. The number of aromatic nitrogens is 2. The summed E-state index contributed by atoms with van der Waals surface area (Å²) in [6.45, 7) is 1.87. The van der Waals surface area contributed by atoms with Crippen molar-refractivity contribution in [1.29, 1.82) is 0 Å². The molecule has 30 heavy (non-hydrogen) atoms. The normalized spacial score (nSPS) is 10.8. The second-order valence-corrected chi connectivity index (χ2v) is 7.42. The predicted molar refractivity (Wildman–Crippen MR) is 114 cm³/mol. The highest BCUT2D eigenvalue weighted by Gasteiger charge is 2.13. The third-order valence-corrected chi connectivity index (χ3v) is 5.24. The van der Waals surface area contributed by atoms with Crippen molar-refractivity contribution in [3.63, 3.8) is 0 Å². The zero-order chi connectivity index (χ0) is 21.1. The molecular formula is C22H18FN3O3S. The zero-order valence-corrected chi connectivity index (χ0v) is 17.1. The minimum Gasteiger partial charge on any atom is -0.496 e. The van der Waals surface area contributed by atoms with Crippen molar-refractivity contribution in [2.45, 2.75) is 13.3 Å². The molecule has 0 aliphatic carbocycles. The van der Waals surface area contributed by atoms with Crippen molar-refractivity contribution in [2.75, 3.05) is 12.4 Å². The van der Waals surface area contributed by atoms with Crippen LogP contribution in [0, 0.1) is 12.7 Å². The number of methoxy groups -OCH3 is 1. The van der Waals surface area contributed by atoms with E-state index in [1.165, 1.54) is 30.6 Å². The molecule has 0 saturated carbocycles. The Morgan fingerprint density at radius 2 is 2.03 bits per heavy atom. The van der Waals surface area contributed by atoms with E-state index in [9.17, 15) is 9.18 Å². The number of nitrogens with one attached hydrogen (secondary N) is 1. The van der Waals surface area contributed by atoms with E-state index >= 15 is 0 Å². The summed E-state index contributed by atoms with van der Waals surface area (Å²) in [5.41, 5.74) is 2.20. The van der Waals surface area contributed by atoms with Gasteiger partial charge in [0.15, 0.2) is 5.13 Å². The van der Waals surface area contributed by atoms with E-state index in [0.717, 1.165) is 5.69 Å². The number of thiazole rings is 1. The number of pyridine rings is 1. The van der Waals surface area contributed by atoms with Gasteiger partial charge < -0.3 is 14.8 Å². The van der Waals surface area contributed by atoms with E-state index in [4.69, 9.17) is 9.47 Å². The fraction of sp³-hybridized carbons (Fsp3) is 0.136. The maximum Gasteiger partial charge on any atom is 0.230 e. The minimum atomic E-state index is -0.366. The van der Waals surface area contributed by atoms with Crippen molar-refractivity contribution in [1.82, 2.24) is 9.97 Å². The summed E-state index contributed by atoms with van der Waals surface area (Å²) >= 11 is 1.38. The van der Waals surface area contributed by atoms with Gasteiger partial charge in [-0.3, -0.25) is 9.78 Å². The Hall–Kier alpha value is -3.52. The number of nitrogens with zero attached hydrogens (tertiary/aromatic N) is 2. The van der Waals surface area contributed by atoms with Crippen LogP contribution in [0.15, 0.2) is 54.0 Å². The molecule has 0 spiro atoms. The van der Waals surface area contributed by atoms with Crippen molar-refractivity contribution in [3.8, 4) is 17.2 Å². The number of carbonyl (C=O) groups excluding carboxylic acids is 1. The Bertz CT molecular complexity index is 1230. The average molecular weight is 423 g/mol. The largest absolute Gasteiger partial charge is 0.496 e. The number of rotatable bonds is 6. The molecule has 4 rings (SSSR count). The molecule has 1 N–H and O–H groups in total. The van der Waals surface area contributed by atoms with Crippen molar-refractivity contribution in [2.24, 2.45) is 0 Å². The monoisotopic (exact) mass is 423 g/mol. The Morgan fingerprint density at radius 3 is 2.80 bits per heavy atom. The molecule has 0 fully saturated rings. The summed E-state index contributed by atoms with van der Waals surface area (Å²) in [5.74, 6) is 0.943. The fourth-order valence-corrected chi connectivity index (χ4v) is 3.70. The third kappa shape index (κ3) is 4.38. The first-order chi connectivity index (χ1) is 14.5. The molecule has 8 heteroatoms. The zero-order valence-electron chi connectivity index (χ0n) is 16.3. The van der Waals surface area contributed by atoms with Gasteiger partial charge >= 0.3 is 0 Å². The molecule has 152 valence electrons. The minimum absolute atomic E-state index is 0.130. The van der Waals surface area contributed by atoms with Crippen LogP contribution in [-0.4, -0.2) is 23.0 Å². The first kappa shape index (κ1) is 19.8. The van der Waals surface area contributed by atoms with Crippen LogP contribution in [0.3, 0.4) is 0 Å². The van der Waals surface area contributed by atoms with Crippen LogP contribution in [0.1, 0.15) is 11.3 Å². The average Bonchev–Trinajstić information content (AvgIpc) is 3.14. The highest BCUT2D eigenvalue weighted by atomic mass is 32.1. The van der Waals surface area contributed by atoms with Crippen LogP contribution in [0.2, 0.25) is 0 Å². The SMILES string of the molecule is COc1cc(Oc2ccnc3ccc(F)cc23)ccc1CC(=O)Nc1nc(C)cs1. The number of fused-ring (bicyclic) bond motifs is 1. The van der Waals surface area contributed by atoms with Crippen LogP contribution in [0.5, 0.6) is 17.2 Å². The molecule has 2 heterocycles. The standard InChI is InChI=1S/C22H18FN3O3S/c1-13-12-30-22(25-13)26-21(27)9-14-3-5-16(11-20(14)28-2)29-19-7-8-24-18-6-4-15(23)10-17(18)19/h3-8,10-12H,9H2,1-2H3,(H,25,26,27). The van der Waals surface area contributed by atoms with Gasteiger partial charge in [-0.25, -0.2) is 9.37 Å². The molecule has 6 nitrogen and oxygen atoms in total. The summed E-state index contributed by atoms with van der Waals surface area (Å²) in [7, 11) is 1.53. The molecule has 2 aromatic heterocycles. The van der Waals surface area contributed by atoms with Crippen LogP contribution in [-0.2, 0) is 11.2 Å². The molecule has 0 aliphatic rings. The van der Waals surface area contributed by atoms with Crippen LogP contribution in [0.25, 0.3) is 10.9 Å². The summed E-state index contributed by atoms with van der Waals surface area (Å²) in [6, 6.07) is 11.2. The number of amides is 1. The summed E-state index contributed by atoms with van der Waals surface area (Å²) in [6.07, 6.45) is 1.73. The second-order valence-electron chi connectivity index (χ2n) is 6.57. The number of ether oxygens (including phenoxy) is 2. The van der Waals surface area contributed by atoms with E-state index in [0.29, 0.717) is 38.8 Å². The van der Waals surface area contributed by atoms with E-state index in [2.05, 4.69) is 15.3 Å². The predicted octanol–water partition coefficient (Wildman–Crippen LogP) is 5.12.